The molecule has 6 heteroatoms. The Morgan fingerprint density at radius 3 is 2.62 bits per heavy atom. The lowest BCUT2D eigenvalue weighted by atomic mass is 10.3. The zero-order valence-electron chi connectivity index (χ0n) is 8.37. The van der Waals surface area contributed by atoms with Crippen LogP contribution in [0.15, 0.2) is 37.3 Å². The quantitative estimate of drug-likeness (QED) is 0.790. The number of hydrogen-bond acceptors (Lipinski definition) is 5. The van der Waals surface area contributed by atoms with Gasteiger partial charge in [-0.2, -0.15) is 0 Å². The van der Waals surface area contributed by atoms with Crippen LogP contribution < -0.4 is 5.32 Å². The van der Waals surface area contributed by atoms with E-state index in [2.05, 4.69) is 25.3 Å². The van der Waals surface area contributed by atoms with Crippen molar-refractivity contribution in [1.82, 2.24) is 25.3 Å². The Morgan fingerprint density at radius 2 is 1.94 bits per heavy atom. The summed E-state index contributed by atoms with van der Waals surface area (Å²) in [7, 11) is 0. The summed E-state index contributed by atoms with van der Waals surface area (Å²) in [4.78, 5) is 27.0. The van der Waals surface area contributed by atoms with Crippen molar-refractivity contribution in [2.75, 3.05) is 0 Å². The minimum absolute atomic E-state index is 0.267. The Balaban J connectivity index is 1.95. The summed E-state index contributed by atoms with van der Waals surface area (Å²) in [6, 6.07) is 0. The zero-order valence-corrected chi connectivity index (χ0v) is 8.37. The molecule has 80 valence electrons. The van der Waals surface area contributed by atoms with Crippen LogP contribution in [0.3, 0.4) is 0 Å². The lowest BCUT2D eigenvalue weighted by Crippen LogP contribution is -2.23. The third-order valence-corrected chi connectivity index (χ3v) is 1.86. The molecule has 0 unspecified atom stereocenters. The smallest absolute Gasteiger partial charge is 0.271 e. The van der Waals surface area contributed by atoms with E-state index in [-0.39, 0.29) is 5.91 Å². The molecule has 2 aromatic heterocycles. The number of nitrogens with zero attached hydrogens (tertiary/aromatic N) is 4. The van der Waals surface area contributed by atoms with Crippen molar-refractivity contribution < 1.29 is 4.79 Å². The Labute approximate surface area is 91.8 Å². The standard InChI is InChI=1S/C10H9N5O/c16-10(9-6-11-1-2-14-9)15-5-8-3-12-7-13-4-8/h1-4,6-7H,5H2,(H,15,16). The Kier molecular flexibility index (Phi) is 3.12. The third-order valence-electron chi connectivity index (χ3n) is 1.86. The minimum Gasteiger partial charge on any atom is -0.346 e. The Morgan fingerprint density at radius 1 is 1.12 bits per heavy atom. The minimum atomic E-state index is -0.267. The van der Waals surface area contributed by atoms with Crippen LogP contribution in [-0.2, 0) is 6.54 Å². The zero-order chi connectivity index (χ0) is 11.2. The molecule has 6 nitrogen and oxygen atoms in total. The lowest BCUT2D eigenvalue weighted by molar-refractivity contribution is 0.0945. The monoisotopic (exact) mass is 215 g/mol. The summed E-state index contributed by atoms with van der Waals surface area (Å²) >= 11 is 0. The first-order chi connectivity index (χ1) is 7.86. The van der Waals surface area contributed by atoms with Gasteiger partial charge in [-0.05, 0) is 0 Å². The maximum absolute atomic E-state index is 11.6. The second-order valence-electron chi connectivity index (χ2n) is 3.02. The predicted molar refractivity (Wildman–Crippen MR) is 55.2 cm³/mol. The van der Waals surface area contributed by atoms with Gasteiger partial charge in [0.2, 0.25) is 0 Å². The largest absolute Gasteiger partial charge is 0.346 e. The van der Waals surface area contributed by atoms with E-state index in [9.17, 15) is 4.79 Å². The van der Waals surface area contributed by atoms with Gasteiger partial charge in [0.05, 0.1) is 6.20 Å². The molecule has 0 spiro atoms. The topological polar surface area (TPSA) is 80.7 Å². The summed E-state index contributed by atoms with van der Waals surface area (Å²) in [6.07, 6.45) is 9.13. The van der Waals surface area contributed by atoms with E-state index < -0.39 is 0 Å². The second-order valence-corrected chi connectivity index (χ2v) is 3.02. The molecule has 2 rings (SSSR count). The van der Waals surface area contributed by atoms with Crippen molar-refractivity contribution in [1.29, 1.82) is 0 Å². The lowest BCUT2D eigenvalue weighted by Gasteiger charge is -2.02. The van der Waals surface area contributed by atoms with Crippen molar-refractivity contribution in [3.05, 3.63) is 48.6 Å². The van der Waals surface area contributed by atoms with Crippen LogP contribution in [-0.4, -0.2) is 25.8 Å². The van der Waals surface area contributed by atoms with Crippen LogP contribution in [0.25, 0.3) is 0 Å². The van der Waals surface area contributed by atoms with Gasteiger partial charge >= 0.3 is 0 Å². The van der Waals surface area contributed by atoms with Crippen LogP contribution in [0.2, 0.25) is 0 Å². The van der Waals surface area contributed by atoms with Crippen LogP contribution in [0, 0.1) is 0 Å². The van der Waals surface area contributed by atoms with Gasteiger partial charge in [-0.15, -0.1) is 0 Å². The SMILES string of the molecule is O=C(NCc1cncnc1)c1cnccn1. The molecule has 2 aromatic rings. The average Bonchev–Trinajstić information content (AvgIpc) is 2.38. The first kappa shape index (κ1) is 10.2. The molecular weight excluding hydrogens is 206 g/mol. The number of nitrogens with one attached hydrogen (secondary N) is 1. The first-order valence-electron chi connectivity index (χ1n) is 4.64. The van der Waals surface area contributed by atoms with Crippen molar-refractivity contribution >= 4 is 5.91 Å². The van der Waals surface area contributed by atoms with Crippen molar-refractivity contribution in [2.24, 2.45) is 0 Å². The number of amides is 1. The van der Waals surface area contributed by atoms with E-state index in [0.29, 0.717) is 12.2 Å². The highest BCUT2D eigenvalue weighted by atomic mass is 16.1. The second kappa shape index (κ2) is 4.92. The fourth-order valence-electron chi connectivity index (χ4n) is 1.11. The highest BCUT2D eigenvalue weighted by Crippen LogP contribution is 1.94. The number of carbonyl (C=O) groups is 1. The number of aromatic nitrogens is 4. The molecule has 0 aliphatic heterocycles. The van der Waals surface area contributed by atoms with Crippen LogP contribution >= 0.6 is 0 Å². The van der Waals surface area contributed by atoms with E-state index in [1.54, 1.807) is 12.4 Å². The van der Waals surface area contributed by atoms with Gasteiger partial charge in [-0.1, -0.05) is 0 Å². The third kappa shape index (κ3) is 2.57. The molecule has 16 heavy (non-hydrogen) atoms. The molecule has 0 aliphatic rings. The van der Waals surface area contributed by atoms with Gasteiger partial charge in [0.15, 0.2) is 0 Å². The highest BCUT2D eigenvalue weighted by molar-refractivity contribution is 5.91. The molecule has 1 amide bonds. The van der Waals surface area contributed by atoms with E-state index in [1.807, 2.05) is 0 Å². The summed E-state index contributed by atoms with van der Waals surface area (Å²) in [5.41, 5.74) is 1.12. The number of carbonyl (C=O) groups excluding carboxylic acids is 1. The maximum atomic E-state index is 11.6. The molecule has 0 radical (unpaired) electrons. The molecule has 0 atom stereocenters. The highest BCUT2D eigenvalue weighted by Gasteiger charge is 2.05. The number of hydrogen-bond donors (Lipinski definition) is 1. The van der Waals surface area contributed by atoms with Crippen molar-refractivity contribution in [3.63, 3.8) is 0 Å². The predicted octanol–water partition coefficient (Wildman–Crippen LogP) is 0.197. The Bertz CT molecular complexity index is 459. The van der Waals surface area contributed by atoms with E-state index in [1.165, 1.54) is 24.9 Å². The van der Waals surface area contributed by atoms with Crippen LogP contribution in [0.4, 0.5) is 0 Å². The molecule has 1 N–H and O–H groups in total. The summed E-state index contributed by atoms with van der Waals surface area (Å²) in [5.74, 6) is -0.267. The maximum Gasteiger partial charge on any atom is 0.271 e. The van der Waals surface area contributed by atoms with E-state index in [4.69, 9.17) is 0 Å². The van der Waals surface area contributed by atoms with E-state index in [0.717, 1.165) is 5.56 Å². The normalized spacial score (nSPS) is 9.75. The summed E-state index contributed by atoms with van der Waals surface area (Å²) in [5, 5.41) is 2.69. The van der Waals surface area contributed by atoms with Crippen LogP contribution in [0.1, 0.15) is 16.1 Å². The molecule has 0 fully saturated rings. The van der Waals surface area contributed by atoms with Gasteiger partial charge in [-0.3, -0.25) is 9.78 Å². The van der Waals surface area contributed by atoms with Gasteiger partial charge < -0.3 is 5.32 Å². The van der Waals surface area contributed by atoms with Crippen LogP contribution in [0.5, 0.6) is 0 Å². The molecule has 0 aromatic carbocycles. The molecule has 0 saturated carbocycles. The summed E-state index contributed by atoms with van der Waals surface area (Å²) in [6.45, 7) is 0.371. The molecule has 0 aliphatic carbocycles. The molecule has 0 bridgehead atoms. The average molecular weight is 215 g/mol. The molecule has 0 saturated heterocycles. The van der Waals surface area contributed by atoms with E-state index >= 15 is 0 Å². The molecular formula is C10H9N5O. The van der Waals surface area contributed by atoms with Gasteiger partial charge in [-0.25, -0.2) is 15.0 Å². The molecule has 2 heterocycles. The fraction of sp³-hybridized carbons (Fsp3) is 0.100. The van der Waals surface area contributed by atoms with Gasteiger partial charge in [0.25, 0.3) is 5.91 Å². The van der Waals surface area contributed by atoms with Crippen molar-refractivity contribution in [3.8, 4) is 0 Å². The van der Waals surface area contributed by atoms with Gasteiger partial charge in [0, 0.05) is 36.9 Å². The number of rotatable bonds is 3. The summed E-state index contributed by atoms with van der Waals surface area (Å²) < 4.78 is 0. The fourth-order valence-corrected chi connectivity index (χ4v) is 1.11. The Hall–Kier alpha value is -2.37. The van der Waals surface area contributed by atoms with Crippen molar-refractivity contribution in [2.45, 2.75) is 6.54 Å². The first-order valence-corrected chi connectivity index (χ1v) is 4.64. The van der Waals surface area contributed by atoms with Gasteiger partial charge in [0.1, 0.15) is 12.0 Å².